The fourth-order valence-corrected chi connectivity index (χ4v) is 27.4. The summed E-state index contributed by atoms with van der Waals surface area (Å²) >= 11 is 0. The van der Waals surface area contributed by atoms with Crippen LogP contribution in [0.25, 0.3) is 0 Å². The molecule has 0 nitrogen and oxygen atoms in total. The summed E-state index contributed by atoms with van der Waals surface area (Å²) in [5, 5.41) is 0. The monoisotopic (exact) mass is 188 g/mol. The molecule has 0 unspecified atom stereocenters. The molecule has 0 saturated carbocycles. The average Bonchev–Trinajstić information content (AvgIpc) is 1.56. The molecule has 0 amide bonds. The molecule has 1 rings (SSSR count). The van der Waals surface area contributed by atoms with E-state index in [1.807, 2.05) is 0 Å². The van der Waals surface area contributed by atoms with Crippen LogP contribution in [0.15, 0.2) is 0 Å². The van der Waals surface area contributed by atoms with Gasteiger partial charge in [0.05, 0.1) is 0 Å². The zero-order valence-corrected chi connectivity index (χ0v) is 11.2. The van der Waals surface area contributed by atoms with Crippen molar-refractivity contribution in [2.45, 2.75) is 43.2 Å². The summed E-state index contributed by atoms with van der Waals surface area (Å²) in [6.45, 7) is 10.4. The van der Waals surface area contributed by atoms with E-state index in [1.54, 1.807) is 17.0 Å². The molecule has 60 valence electrons. The number of rotatable bonds is 0. The molecule has 0 N–H and O–H groups in total. The zero-order chi connectivity index (χ0) is 7.83. The Morgan fingerprint density at radius 1 is 0.900 bits per heavy atom. The first kappa shape index (κ1) is 8.74. The Labute approximate surface area is 69.3 Å². The molecule has 0 aromatic heterocycles. The number of hydrogen-bond acceptors (Lipinski definition) is 0. The minimum atomic E-state index is -0.602. The predicted molar refractivity (Wildman–Crippen MR) is 57.9 cm³/mol. The van der Waals surface area contributed by atoms with Crippen LogP contribution in [0, 0.1) is 0 Å². The van der Waals surface area contributed by atoms with Crippen molar-refractivity contribution in [3.63, 3.8) is 0 Å². The van der Waals surface area contributed by atoms with Crippen LogP contribution >= 0.6 is 0 Å². The highest BCUT2D eigenvalue weighted by Crippen LogP contribution is 2.30. The highest BCUT2D eigenvalue weighted by molar-refractivity contribution is 7.04. The minimum Gasteiger partial charge on any atom is -0.0698 e. The Hall–Kier alpha value is 0.651. The molecule has 0 bridgehead atoms. The Balaban J connectivity index is 2.56. The maximum atomic E-state index is 2.61. The minimum absolute atomic E-state index is 0.424. The SMILES string of the molecule is C[Si]1(C)C[SiH2]C[Si](C)(C)C1. The zero-order valence-electron chi connectivity index (χ0n) is 7.83. The highest BCUT2D eigenvalue weighted by atomic mass is 28.4. The van der Waals surface area contributed by atoms with Crippen molar-refractivity contribution in [3.8, 4) is 0 Å². The molecule has 1 aliphatic rings. The van der Waals surface area contributed by atoms with Gasteiger partial charge in [-0.1, -0.05) is 43.2 Å². The second-order valence-electron chi connectivity index (χ2n) is 5.36. The van der Waals surface area contributed by atoms with Crippen LogP contribution in [-0.4, -0.2) is 25.7 Å². The molecule has 0 radical (unpaired) electrons. The van der Waals surface area contributed by atoms with Gasteiger partial charge < -0.3 is 0 Å². The third kappa shape index (κ3) is 2.36. The van der Waals surface area contributed by atoms with Gasteiger partial charge in [0.2, 0.25) is 0 Å². The van der Waals surface area contributed by atoms with Crippen molar-refractivity contribution in [2.75, 3.05) is 0 Å². The first-order valence-electron chi connectivity index (χ1n) is 4.41. The van der Waals surface area contributed by atoms with Crippen molar-refractivity contribution < 1.29 is 0 Å². The van der Waals surface area contributed by atoms with Gasteiger partial charge in [0.1, 0.15) is 0 Å². The third-order valence-corrected chi connectivity index (χ3v) is 24.0. The predicted octanol–water partition coefficient (Wildman–Crippen LogP) is 2.04. The van der Waals surface area contributed by atoms with E-state index in [-0.39, 0.29) is 0 Å². The Morgan fingerprint density at radius 3 is 1.50 bits per heavy atom. The van der Waals surface area contributed by atoms with Gasteiger partial charge in [0, 0.05) is 25.7 Å². The van der Waals surface area contributed by atoms with E-state index in [4.69, 9.17) is 0 Å². The summed E-state index contributed by atoms with van der Waals surface area (Å²) < 4.78 is 0. The molecule has 0 aromatic carbocycles. The lowest BCUT2D eigenvalue weighted by Crippen LogP contribution is -2.46. The second kappa shape index (κ2) is 2.60. The summed E-state index contributed by atoms with van der Waals surface area (Å²) in [7, 11) is -0.781. The summed E-state index contributed by atoms with van der Waals surface area (Å²) in [5.74, 6) is 0. The van der Waals surface area contributed by atoms with Gasteiger partial charge in [-0.3, -0.25) is 0 Å². The smallest absolute Gasteiger partial charge is 0.0416 e. The van der Waals surface area contributed by atoms with Gasteiger partial charge in [0.15, 0.2) is 0 Å². The van der Waals surface area contributed by atoms with Crippen molar-refractivity contribution in [1.82, 2.24) is 0 Å². The van der Waals surface area contributed by atoms with Crippen LogP contribution in [0.3, 0.4) is 0 Å². The highest BCUT2D eigenvalue weighted by Gasteiger charge is 2.35. The molecule has 0 spiro atoms. The van der Waals surface area contributed by atoms with Crippen molar-refractivity contribution in [1.29, 1.82) is 0 Å². The average molecular weight is 188 g/mol. The van der Waals surface area contributed by atoms with Gasteiger partial charge in [-0.2, -0.15) is 0 Å². The van der Waals surface area contributed by atoms with Crippen LogP contribution < -0.4 is 0 Å². The summed E-state index contributed by atoms with van der Waals surface area (Å²) in [5.41, 5.74) is 5.19. The Bertz CT molecular complexity index is 115. The third-order valence-electron chi connectivity index (χ3n) is 2.66. The van der Waals surface area contributed by atoms with E-state index < -0.39 is 16.1 Å². The molecule has 1 heterocycles. The molecular formula is C7H20Si3. The van der Waals surface area contributed by atoms with Crippen molar-refractivity contribution in [2.24, 2.45) is 0 Å². The van der Waals surface area contributed by atoms with Gasteiger partial charge >= 0.3 is 0 Å². The Kier molecular flexibility index (Phi) is 2.28. The maximum absolute atomic E-state index is 2.61. The van der Waals surface area contributed by atoms with Crippen LogP contribution in [0.1, 0.15) is 0 Å². The number of hydrogen-bond donors (Lipinski definition) is 0. The normalized spacial score (nSPS) is 30.0. The van der Waals surface area contributed by atoms with Crippen LogP contribution in [0.4, 0.5) is 0 Å². The lowest BCUT2D eigenvalue weighted by Gasteiger charge is -2.37. The van der Waals surface area contributed by atoms with E-state index in [2.05, 4.69) is 26.2 Å². The molecule has 1 fully saturated rings. The first-order valence-corrected chi connectivity index (χ1v) is 13.2. The molecule has 0 aliphatic carbocycles. The van der Waals surface area contributed by atoms with Crippen molar-refractivity contribution in [3.05, 3.63) is 0 Å². The maximum Gasteiger partial charge on any atom is 0.0416 e. The fourth-order valence-electron chi connectivity index (χ4n) is 2.52. The summed E-state index contributed by atoms with van der Waals surface area (Å²) in [4.78, 5) is 0. The lowest BCUT2D eigenvalue weighted by molar-refractivity contribution is 1.42. The largest absolute Gasteiger partial charge is 0.0698 e. The molecule has 1 aliphatic heterocycles. The molecule has 1 saturated heterocycles. The molecule has 3 heteroatoms. The summed E-state index contributed by atoms with van der Waals surface area (Å²) in [6.07, 6.45) is 0. The summed E-state index contributed by atoms with van der Waals surface area (Å²) in [6, 6.07) is 0. The van der Waals surface area contributed by atoms with Crippen LogP contribution in [0.5, 0.6) is 0 Å². The molecule has 0 atom stereocenters. The van der Waals surface area contributed by atoms with Gasteiger partial charge in [-0.05, 0) is 0 Å². The van der Waals surface area contributed by atoms with Gasteiger partial charge in [-0.25, -0.2) is 0 Å². The van der Waals surface area contributed by atoms with E-state index >= 15 is 0 Å². The van der Waals surface area contributed by atoms with E-state index in [9.17, 15) is 0 Å². The molecule has 0 aromatic rings. The topological polar surface area (TPSA) is 0 Å². The Morgan fingerprint density at radius 2 is 1.30 bits per heavy atom. The van der Waals surface area contributed by atoms with Gasteiger partial charge in [0.25, 0.3) is 0 Å². The van der Waals surface area contributed by atoms with Crippen molar-refractivity contribution >= 4 is 25.7 Å². The van der Waals surface area contributed by atoms with Crippen LogP contribution in [-0.2, 0) is 0 Å². The lowest BCUT2D eigenvalue weighted by atomic mass is 11.7. The van der Waals surface area contributed by atoms with E-state index in [0.29, 0.717) is 9.52 Å². The van der Waals surface area contributed by atoms with E-state index in [0.717, 1.165) is 0 Å². The quantitative estimate of drug-likeness (QED) is 0.511. The standard InChI is InChI=1S/C7H20Si3/c1-9(2)5-8-6-10(3,4)7-9/h5-8H2,1-4H3. The second-order valence-corrected chi connectivity index (χ2v) is 20.1. The molecule has 10 heavy (non-hydrogen) atoms. The fraction of sp³-hybridized carbons (Fsp3) is 1.00. The first-order chi connectivity index (χ1) is 4.41. The van der Waals surface area contributed by atoms with Crippen LogP contribution in [0.2, 0.25) is 43.2 Å². The molecular weight excluding hydrogens is 168 g/mol. The van der Waals surface area contributed by atoms with Gasteiger partial charge in [-0.15, -0.1) is 0 Å². The van der Waals surface area contributed by atoms with E-state index in [1.165, 1.54) is 0 Å².